The SMILES string of the molecule is O=C(N[C@@H](c1ccccc1)c1cccc(OCc2ccc(S(=O)(=O)N3CC(C(=O)[O-])C3[C@@H](Cc3c(Cl)c[n+](O)cc3Cl)c3ccc(OC(F)F)c(OCC4CC4)c3)cc2)c1)O[C@H]1CN2CCC1CC2. The maximum Gasteiger partial charge on any atom is 0.408 e. The van der Waals surface area contributed by atoms with Gasteiger partial charge < -0.3 is 34.2 Å². The minimum Gasteiger partial charge on any atom is -0.550 e. The molecule has 4 saturated heterocycles. The smallest absolute Gasteiger partial charge is 0.408 e. The Morgan fingerprint density at radius 2 is 1.55 bits per heavy atom. The van der Waals surface area contributed by atoms with Crippen LogP contribution in [0.15, 0.2) is 114 Å². The van der Waals surface area contributed by atoms with Crippen LogP contribution in [-0.4, -0.2) is 86.4 Å². The van der Waals surface area contributed by atoms with E-state index in [2.05, 4.69) is 10.2 Å². The third-order valence-corrected chi connectivity index (χ3v) is 16.0. The number of halogens is 4. The van der Waals surface area contributed by atoms with E-state index in [0.29, 0.717) is 27.5 Å². The highest BCUT2D eigenvalue weighted by Gasteiger charge is 2.51. The Morgan fingerprint density at radius 3 is 2.20 bits per heavy atom. The van der Waals surface area contributed by atoms with Crippen molar-refractivity contribution in [1.82, 2.24) is 14.5 Å². The maximum absolute atomic E-state index is 14.5. The van der Waals surface area contributed by atoms with Crippen LogP contribution in [-0.2, 0) is 32.6 Å². The number of nitrogens with one attached hydrogen (secondary N) is 1. The lowest BCUT2D eigenvalue weighted by Crippen LogP contribution is -2.65. The summed E-state index contributed by atoms with van der Waals surface area (Å²) in [6.45, 7) is -0.523. The third-order valence-electron chi connectivity index (χ3n) is 13.5. The molecule has 0 spiro atoms. The van der Waals surface area contributed by atoms with Crippen molar-refractivity contribution in [1.29, 1.82) is 0 Å². The maximum atomic E-state index is 14.5. The molecule has 0 radical (unpaired) electrons. The molecule has 2 unspecified atom stereocenters. The van der Waals surface area contributed by atoms with E-state index < -0.39 is 59.2 Å². The van der Waals surface area contributed by atoms with Gasteiger partial charge in [0.1, 0.15) is 28.5 Å². The second-order valence-corrected chi connectivity index (χ2v) is 20.7. The highest BCUT2D eigenvalue weighted by molar-refractivity contribution is 7.89. The van der Waals surface area contributed by atoms with Gasteiger partial charge in [0.05, 0.1) is 17.5 Å². The number of carbonyl (C=O) groups is 2. The summed E-state index contributed by atoms with van der Waals surface area (Å²) in [5, 5.41) is 25.9. The average molecular weight is 1010 g/mol. The number of amides is 1. The first-order chi connectivity index (χ1) is 33.2. The highest BCUT2D eigenvalue weighted by Crippen LogP contribution is 2.45. The van der Waals surface area contributed by atoms with E-state index in [0.717, 1.165) is 60.7 Å². The van der Waals surface area contributed by atoms with Gasteiger partial charge in [0.2, 0.25) is 22.4 Å². The van der Waals surface area contributed by atoms with Gasteiger partial charge in [-0.3, -0.25) is 10.1 Å². The van der Waals surface area contributed by atoms with Crippen molar-refractivity contribution in [3.8, 4) is 17.2 Å². The van der Waals surface area contributed by atoms with Crippen LogP contribution in [0.1, 0.15) is 65.5 Å². The summed E-state index contributed by atoms with van der Waals surface area (Å²) in [4.78, 5) is 28.3. The van der Waals surface area contributed by atoms with Gasteiger partial charge in [0.25, 0.3) is 0 Å². The number of pyridine rings is 1. The van der Waals surface area contributed by atoms with Crippen molar-refractivity contribution in [2.75, 3.05) is 32.8 Å². The fourth-order valence-electron chi connectivity index (χ4n) is 9.57. The zero-order valence-electron chi connectivity index (χ0n) is 37.2. The second kappa shape index (κ2) is 20.7. The zero-order valence-corrected chi connectivity index (χ0v) is 39.5. The number of carbonyl (C=O) groups excluding carboxylic acids is 2. The van der Waals surface area contributed by atoms with Crippen molar-refractivity contribution in [3.05, 3.63) is 147 Å². The van der Waals surface area contributed by atoms with E-state index in [1.54, 1.807) is 18.2 Å². The lowest BCUT2D eigenvalue weighted by Gasteiger charge is -2.51. The van der Waals surface area contributed by atoms with Gasteiger partial charge in [0.15, 0.2) is 11.5 Å². The number of carboxylic acids is 1. The summed E-state index contributed by atoms with van der Waals surface area (Å²) in [5.74, 6) is -3.01. The summed E-state index contributed by atoms with van der Waals surface area (Å²) in [7, 11) is -4.40. The van der Waals surface area contributed by atoms with Crippen LogP contribution < -0.4 is 29.4 Å². The molecule has 5 aliphatic rings. The Kier molecular flexibility index (Phi) is 14.5. The van der Waals surface area contributed by atoms with Crippen LogP contribution in [0, 0.1) is 17.8 Å². The number of aliphatic carboxylic acids is 1. The molecule has 69 heavy (non-hydrogen) atoms. The van der Waals surface area contributed by atoms with Gasteiger partial charge in [-0.2, -0.15) is 13.1 Å². The molecule has 2 N–H and O–H groups in total. The van der Waals surface area contributed by atoms with Gasteiger partial charge in [-0.25, -0.2) is 13.2 Å². The molecule has 1 amide bonds. The van der Waals surface area contributed by atoms with Crippen molar-refractivity contribution >= 4 is 45.3 Å². The van der Waals surface area contributed by atoms with E-state index >= 15 is 0 Å². The Balaban J connectivity index is 0.937. The molecule has 1 aliphatic carbocycles. The lowest BCUT2D eigenvalue weighted by molar-refractivity contribution is -0.904. The molecule has 10 rings (SSSR count). The molecular weight excluding hydrogens is 958 g/mol. The molecule has 5 fully saturated rings. The second-order valence-electron chi connectivity index (χ2n) is 18.0. The fourth-order valence-corrected chi connectivity index (χ4v) is 11.9. The quantitative estimate of drug-likeness (QED) is 0.0636. The molecule has 5 heterocycles. The molecule has 4 aliphatic heterocycles. The number of alkyl carbamates (subject to hydrolysis) is 1. The minimum atomic E-state index is -4.40. The van der Waals surface area contributed by atoms with Crippen LogP contribution in [0.5, 0.6) is 17.2 Å². The average Bonchev–Trinajstić information content (AvgIpc) is 4.15. The number of piperidine rings is 3. The normalized spacial score (nSPS) is 22.0. The van der Waals surface area contributed by atoms with Crippen molar-refractivity contribution < 1.29 is 60.8 Å². The topological polar surface area (TPSA) is 171 Å². The number of carboxylic acid groups (broad SMARTS) is 1. The number of sulfonamides is 1. The molecule has 4 aromatic carbocycles. The third kappa shape index (κ3) is 11.2. The summed E-state index contributed by atoms with van der Waals surface area (Å²) in [6.07, 6.45) is 5.38. The van der Waals surface area contributed by atoms with Crippen LogP contribution in [0.2, 0.25) is 10.0 Å². The van der Waals surface area contributed by atoms with Gasteiger partial charge in [-0.15, -0.1) is 0 Å². The van der Waals surface area contributed by atoms with Gasteiger partial charge in [-0.1, -0.05) is 83.9 Å². The van der Waals surface area contributed by atoms with Gasteiger partial charge in [-0.05, 0) is 116 Å². The Labute approximate surface area is 408 Å². The molecule has 2 bridgehead atoms. The number of hydrogen-bond acceptors (Lipinski definition) is 11. The number of nitrogens with zero attached hydrogens (tertiary/aromatic N) is 3. The number of hydrogen-bond donors (Lipinski definition) is 2. The monoisotopic (exact) mass is 1010 g/mol. The lowest BCUT2D eigenvalue weighted by atomic mass is 9.75. The zero-order chi connectivity index (χ0) is 48.4. The predicted molar refractivity (Wildman–Crippen MR) is 246 cm³/mol. The summed E-state index contributed by atoms with van der Waals surface area (Å²) in [6, 6.07) is 25.2. The summed E-state index contributed by atoms with van der Waals surface area (Å²) >= 11 is 13.1. The summed E-state index contributed by atoms with van der Waals surface area (Å²) in [5.41, 5.74) is 2.84. The first kappa shape index (κ1) is 48.3. The van der Waals surface area contributed by atoms with Crippen LogP contribution >= 0.6 is 23.2 Å². The Hall–Kier alpha value is -5.72. The minimum absolute atomic E-state index is 0.00775. The number of benzene rings is 4. The van der Waals surface area contributed by atoms with E-state index in [1.165, 1.54) is 42.7 Å². The predicted octanol–water partition coefficient (Wildman–Crippen LogP) is 7.16. The van der Waals surface area contributed by atoms with Gasteiger partial charge >= 0.3 is 12.7 Å². The number of alkyl halides is 2. The molecule has 364 valence electrons. The number of aromatic nitrogens is 1. The van der Waals surface area contributed by atoms with Crippen molar-refractivity contribution in [3.63, 3.8) is 0 Å². The number of fused-ring (bicyclic) bond motifs is 3. The largest absolute Gasteiger partial charge is 0.550 e. The number of rotatable bonds is 19. The summed E-state index contributed by atoms with van der Waals surface area (Å²) < 4.78 is 80.7. The van der Waals surface area contributed by atoms with Crippen LogP contribution in [0.3, 0.4) is 0 Å². The van der Waals surface area contributed by atoms with Gasteiger partial charge in [0, 0.05) is 47.2 Å². The van der Waals surface area contributed by atoms with Crippen LogP contribution in [0.25, 0.3) is 0 Å². The number of ether oxygens (including phenoxy) is 4. The first-order valence-electron chi connectivity index (χ1n) is 22.8. The molecule has 19 heteroatoms. The van der Waals surface area contributed by atoms with Crippen LogP contribution in [0.4, 0.5) is 13.6 Å². The molecule has 5 aromatic rings. The van der Waals surface area contributed by atoms with E-state index in [-0.39, 0.29) is 63.7 Å². The molecular formula is C50H50Cl2F2N4O10S. The van der Waals surface area contributed by atoms with E-state index in [4.69, 9.17) is 42.1 Å². The molecule has 1 aromatic heterocycles. The van der Waals surface area contributed by atoms with Crippen molar-refractivity contribution in [2.24, 2.45) is 17.8 Å². The molecule has 5 atom stereocenters. The first-order valence-corrected chi connectivity index (χ1v) is 25.0. The molecule has 14 nitrogen and oxygen atoms in total. The standard InChI is InChI=1S/C50H50Cl2F2N4O10S/c51-41-25-57(62)26-42(52)39(41)23-38(34-13-16-43(67-49(53)54)44(22-34)66-29-30-9-10-30)47-40(48(59)60)24-58(47)69(63,64)37-14-11-31(12-15-37)28-65-36-8-4-7-35(21-36)46(33-5-2-1-3-6-33)55-50(61)68-45-27-56-19-17-32(45)18-20-56/h1-8,11-16,21-22,25-26,30,32,38,40,45-47,49H,9-10,17-20,23-24,27-29H2,(H2-,55,59,60,61,62)/t38-,40?,45-,46-,47?/m0/s1. The van der Waals surface area contributed by atoms with E-state index in [9.17, 15) is 37.1 Å². The molecule has 1 saturated carbocycles. The Bertz CT molecular complexity index is 2740. The van der Waals surface area contributed by atoms with Crippen molar-refractivity contribution in [2.45, 2.75) is 74.3 Å². The fraction of sp³-hybridized carbons (Fsp3) is 0.380. The highest BCUT2D eigenvalue weighted by atomic mass is 35.5. The van der Waals surface area contributed by atoms with E-state index in [1.807, 2.05) is 48.5 Å². The Morgan fingerprint density at radius 1 is 0.841 bits per heavy atom.